The maximum absolute atomic E-state index is 14.7. The van der Waals surface area contributed by atoms with Gasteiger partial charge in [0.1, 0.15) is 46.9 Å². The van der Waals surface area contributed by atoms with Gasteiger partial charge in [0.25, 0.3) is 11.8 Å². The first kappa shape index (κ1) is 49.9. The summed E-state index contributed by atoms with van der Waals surface area (Å²) in [6.45, 7) is 0. The summed E-state index contributed by atoms with van der Waals surface area (Å²) in [6, 6.07) is 15.6. The number of hydrogen-bond acceptors (Lipinski definition) is 10. The summed E-state index contributed by atoms with van der Waals surface area (Å²) in [7, 11) is 3.02. The maximum atomic E-state index is 14.7. The third-order valence-electron chi connectivity index (χ3n) is 9.55. The van der Waals surface area contributed by atoms with E-state index in [9.17, 15) is 27.2 Å². The fourth-order valence-electron chi connectivity index (χ4n) is 6.72. The van der Waals surface area contributed by atoms with Gasteiger partial charge in [-0.2, -0.15) is 0 Å². The molecule has 0 bridgehead atoms. The highest BCUT2D eigenvalue weighted by Gasteiger charge is 2.31. The van der Waals surface area contributed by atoms with Crippen LogP contribution in [0.4, 0.5) is 34.8 Å². The first-order valence-corrected chi connectivity index (χ1v) is 19.4. The van der Waals surface area contributed by atoms with E-state index in [-0.39, 0.29) is 47.8 Å². The molecule has 0 fully saturated rings. The fourth-order valence-corrected chi connectivity index (χ4v) is 7.22. The van der Waals surface area contributed by atoms with Crippen LogP contribution in [-0.4, -0.2) is 46.0 Å². The van der Waals surface area contributed by atoms with Crippen molar-refractivity contribution < 1.29 is 36.6 Å². The Morgan fingerprint density at radius 2 is 1.13 bits per heavy atom. The zero-order valence-corrected chi connectivity index (χ0v) is 35.7. The molecule has 2 atom stereocenters. The SMILES string of the molecule is C.COc1cc(Cl)ncn1.COc1cc(N[C@H]2CCc3c(C(=O)Nc4ccc(F)c(Cl)c4)ccc(F)c32)ncn1.Cl.N[C@H]1CCc2c(C(=O)Nc3ccc(F)c(Cl)c3)ccc(F)c21. The van der Waals surface area contributed by atoms with Crippen molar-refractivity contribution in [2.45, 2.75) is 45.2 Å². The average molecular weight is 951 g/mol. The van der Waals surface area contributed by atoms with Crippen LogP contribution in [0.15, 0.2) is 85.5 Å². The Bertz CT molecular complexity index is 2600. The third kappa shape index (κ3) is 12.2. The van der Waals surface area contributed by atoms with Crippen LogP contribution in [0.5, 0.6) is 11.8 Å². The molecule has 6 aromatic rings. The minimum atomic E-state index is -0.576. The summed E-state index contributed by atoms with van der Waals surface area (Å²) in [5.74, 6) is -1.38. The van der Waals surface area contributed by atoms with Crippen molar-refractivity contribution in [2.24, 2.45) is 5.73 Å². The Balaban J connectivity index is 0.000000231. The van der Waals surface area contributed by atoms with Crippen molar-refractivity contribution >= 4 is 76.2 Å². The summed E-state index contributed by atoms with van der Waals surface area (Å²) in [5, 5.41) is 8.72. The molecule has 2 aliphatic carbocycles. The normalized spacial score (nSPS) is 14.1. The number of amides is 2. The van der Waals surface area contributed by atoms with Crippen molar-refractivity contribution in [3.8, 4) is 11.8 Å². The number of methoxy groups -OCH3 is 2. The largest absolute Gasteiger partial charge is 0.481 e. The minimum absolute atomic E-state index is 0. The lowest BCUT2D eigenvalue weighted by Crippen LogP contribution is -2.16. The zero-order chi connectivity index (χ0) is 43.8. The number of nitrogens with one attached hydrogen (secondary N) is 3. The monoisotopic (exact) mass is 948 g/mol. The molecule has 0 unspecified atom stereocenters. The molecular formula is C43H40Cl4F4N8O4. The number of nitrogens with two attached hydrogens (primary N) is 1. The topological polar surface area (TPSA) is 166 Å². The first-order chi connectivity index (χ1) is 29.3. The lowest BCUT2D eigenvalue weighted by atomic mass is 10.0. The number of rotatable bonds is 8. The Labute approximate surface area is 381 Å². The number of anilines is 3. The molecule has 332 valence electrons. The molecule has 2 aromatic heterocycles. The molecule has 0 saturated heterocycles. The summed E-state index contributed by atoms with van der Waals surface area (Å²) >= 11 is 16.9. The van der Waals surface area contributed by atoms with Crippen LogP contribution in [-0.2, 0) is 12.8 Å². The second kappa shape index (κ2) is 22.5. The smallest absolute Gasteiger partial charge is 0.255 e. The Morgan fingerprint density at radius 1 is 0.651 bits per heavy atom. The van der Waals surface area contributed by atoms with E-state index in [0.717, 1.165) is 0 Å². The quantitative estimate of drug-likeness (QED) is 0.0852. The summed E-state index contributed by atoms with van der Waals surface area (Å²) in [5.41, 5.74) is 9.43. The van der Waals surface area contributed by atoms with Gasteiger partial charge in [0.2, 0.25) is 11.8 Å². The van der Waals surface area contributed by atoms with E-state index in [0.29, 0.717) is 93.2 Å². The molecule has 2 aliphatic rings. The molecule has 2 amide bonds. The highest BCUT2D eigenvalue weighted by molar-refractivity contribution is 6.31. The van der Waals surface area contributed by atoms with Crippen molar-refractivity contribution in [3.63, 3.8) is 0 Å². The number of carbonyl (C=O) groups excluding carboxylic acids is 2. The molecule has 63 heavy (non-hydrogen) atoms. The molecule has 4 aromatic carbocycles. The van der Waals surface area contributed by atoms with Gasteiger partial charge in [-0.1, -0.05) is 42.2 Å². The summed E-state index contributed by atoms with van der Waals surface area (Å²) in [6.07, 6.45) is 4.97. The highest BCUT2D eigenvalue weighted by Crippen LogP contribution is 2.38. The Hall–Kier alpha value is -5.78. The van der Waals surface area contributed by atoms with E-state index in [4.69, 9.17) is 50.0 Å². The number of benzene rings is 4. The van der Waals surface area contributed by atoms with Gasteiger partial charge in [0.05, 0.1) is 30.3 Å². The molecule has 5 N–H and O–H groups in total. The number of aromatic nitrogens is 4. The second-order valence-corrected chi connectivity index (χ2v) is 14.6. The molecule has 0 radical (unpaired) electrons. The van der Waals surface area contributed by atoms with Gasteiger partial charge in [-0.05, 0) is 97.5 Å². The van der Waals surface area contributed by atoms with Crippen molar-refractivity contribution in [3.05, 3.63) is 157 Å². The number of hydrogen-bond donors (Lipinski definition) is 4. The lowest BCUT2D eigenvalue weighted by Gasteiger charge is -2.16. The van der Waals surface area contributed by atoms with Crippen LogP contribution in [0.3, 0.4) is 0 Å². The average Bonchev–Trinajstić information content (AvgIpc) is 3.86. The van der Waals surface area contributed by atoms with Crippen LogP contribution in [0.2, 0.25) is 15.2 Å². The molecular weight excluding hydrogens is 910 g/mol. The minimum Gasteiger partial charge on any atom is -0.481 e. The summed E-state index contributed by atoms with van der Waals surface area (Å²) < 4.78 is 64.8. The van der Waals surface area contributed by atoms with Crippen molar-refractivity contribution in [1.29, 1.82) is 0 Å². The lowest BCUT2D eigenvalue weighted by molar-refractivity contribution is 0.101. The molecule has 0 spiro atoms. The predicted octanol–water partition coefficient (Wildman–Crippen LogP) is 10.8. The van der Waals surface area contributed by atoms with Crippen molar-refractivity contribution in [2.75, 3.05) is 30.2 Å². The predicted molar refractivity (Wildman–Crippen MR) is 238 cm³/mol. The first-order valence-electron chi connectivity index (χ1n) is 18.3. The number of ether oxygens (including phenoxy) is 2. The van der Waals surface area contributed by atoms with Gasteiger partial charge in [-0.15, -0.1) is 12.4 Å². The van der Waals surface area contributed by atoms with Crippen LogP contribution in [0, 0.1) is 23.3 Å². The molecule has 0 aliphatic heterocycles. The van der Waals surface area contributed by atoms with Crippen LogP contribution in [0.25, 0.3) is 0 Å². The number of halogens is 8. The third-order valence-corrected chi connectivity index (χ3v) is 10.3. The van der Waals surface area contributed by atoms with Gasteiger partial charge >= 0.3 is 0 Å². The zero-order valence-electron chi connectivity index (χ0n) is 32.6. The Morgan fingerprint density at radius 3 is 1.63 bits per heavy atom. The summed E-state index contributed by atoms with van der Waals surface area (Å²) in [4.78, 5) is 40.7. The molecule has 8 rings (SSSR count). The Kier molecular flexibility index (Phi) is 17.8. The van der Waals surface area contributed by atoms with E-state index in [1.807, 2.05) is 0 Å². The number of nitrogens with zero attached hydrogens (tertiary/aromatic N) is 4. The van der Waals surface area contributed by atoms with E-state index in [1.165, 1.54) is 87.5 Å². The van der Waals surface area contributed by atoms with E-state index < -0.39 is 29.3 Å². The van der Waals surface area contributed by atoms with Crippen LogP contribution < -0.4 is 31.2 Å². The van der Waals surface area contributed by atoms with Crippen molar-refractivity contribution in [1.82, 2.24) is 19.9 Å². The fraction of sp³-hybridized carbons (Fsp3) is 0.209. The van der Waals surface area contributed by atoms with E-state index in [2.05, 4.69) is 35.9 Å². The number of carbonyl (C=O) groups is 2. The number of fused-ring (bicyclic) bond motifs is 2. The van der Waals surface area contributed by atoms with E-state index in [1.54, 1.807) is 12.1 Å². The van der Waals surface area contributed by atoms with E-state index >= 15 is 0 Å². The van der Waals surface area contributed by atoms with Crippen LogP contribution in [0.1, 0.15) is 75.3 Å². The molecule has 2 heterocycles. The highest BCUT2D eigenvalue weighted by atomic mass is 35.5. The standard InChI is InChI=1S/C21H17ClF2N4O2.C16H13ClF2N2O.C5H5ClN2O.CH4.ClH/c1-30-19-9-18(25-10-26-19)28-17-7-4-12-13(3-6-16(24)20(12)17)21(29)27-11-2-5-15(23)14(22)8-11;17-11-7-8(1-4-12(11)18)21-16(22)10-2-5-13(19)15-9(10)3-6-14(15)20;1-9-5-2-4(6)7-3-8-5;;/h2-3,5-6,8-10,17H,4,7H2,1H3,(H,27,29)(H,25,26,28);1-2,4-5,7,14H,3,6,20H2,(H,21,22);2-3H,1H3;1H4;1H/t17-;14-;;;/m00.../s1. The molecule has 20 heteroatoms. The second-order valence-electron chi connectivity index (χ2n) is 13.3. The van der Waals surface area contributed by atoms with Gasteiger partial charge < -0.3 is 31.2 Å². The van der Waals surface area contributed by atoms with Gasteiger partial charge in [-0.3, -0.25) is 9.59 Å². The molecule has 0 saturated carbocycles. The van der Waals surface area contributed by atoms with Gasteiger partial charge in [0.15, 0.2) is 0 Å². The van der Waals surface area contributed by atoms with Gasteiger partial charge in [-0.25, -0.2) is 37.5 Å². The maximum Gasteiger partial charge on any atom is 0.255 e. The van der Waals surface area contributed by atoms with Crippen LogP contribution >= 0.6 is 47.2 Å². The molecule has 12 nitrogen and oxygen atoms in total. The van der Waals surface area contributed by atoms with Gasteiger partial charge in [0, 0.05) is 51.8 Å².